The van der Waals surface area contributed by atoms with E-state index < -0.39 is 0 Å². The molecule has 0 aliphatic carbocycles. The van der Waals surface area contributed by atoms with Crippen LogP contribution in [-0.4, -0.2) is 74.9 Å². The molecule has 3 rings (SSSR count). The first-order valence-corrected chi connectivity index (χ1v) is 9.73. The second kappa shape index (κ2) is 9.82. The summed E-state index contributed by atoms with van der Waals surface area (Å²) in [6, 6.07) is 1.84. The minimum atomic E-state index is 0.622. The lowest BCUT2D eigenvalue weighted by Gasteiger charge is -2.36. The first-order chi connectivity index (χ1) is 13.7. The molecule has 3 heterocycles. The maximum atomic E-state index is 4.75. The van der Waals surface area contributed by atoms with Gasteiger partial charge in [-0.25, -0.2) is 15.0 Å². The topological polar surface area (TPSA) is 87.4 Å². The molecular formula is C19H29N9. The van der Waals surface area contributed by atoms with Gasteiger partial charge in [-0.3, -0.25) is 0 Å². The normalized spacial score (nSPS) is 15.0. The summed E-state index contributed by atoms with van der Waals surface area (Å²) in [5.74, 6) is 2.71. The van der Waals surface area contributed by atoms with Gasteiger partial charge in [0.1, 0.15) is 12.2 Å². The van der Waals surface area contributed by atoms with Crippen molar-refractivity contribution in [3.05, 3.63) is 42.8 Å². The zero-order valence-corrected chi connectivity index (χ0v) is 16.8. The molecule has 9 nitrogen and oxygen atoms in total. The molecule has 0 unspecified atom stereocenters. The molecule has 1 aliphatic heterocycles. The maximum absolute atomic E-state index is 4.75. The van der Waals surface area contributed by atoms with Crippen LogP contribution in [0.1, 0.15) is 19.7 Å². The Morgan fingerprint density at radius 1 is 1.21 bits per heavy atom. The van der Waals surface area contributed by atoms with Crippen LogP contribution in [0.5, 0.6) is 0 Å². The third-order valence-electron chi connectivity index (χ3n) is 4.56. The number of anilines is 1. The molecule has 0 aromatic carbocycles. The summed E-state index contributed by atoms with van der Waals surface area (Å²) in [6.45, 7) is 13.7. The third-order valence-corrected chi connectivity index (χ3v) is 4.56. The molecule has 0 bridgehead atoms. The van der Waals surface area contributed by atoms with E-state index in [1.54, 1.807) is 18.7 Å². The van der Waals surface area contributed by atoms with Crippen LogP contribution in [0, 0.1) is 0 Å². The summed E-state index contributed by atoms with van der Waals surface area (Å²) in [4.78, 5) is 17.9. The highest BCUT2D eigenvalue weighted by molar-refractivity contribution is 5.80. The fourth-order valence-corrected chi connectivity index (χ4v) is 3.08. The number of nitrogens with one attached hydrogen (secondary N) is 1. The number of aromatic nitrogens is 5. The fourth-order valence-electron chi connectivity index (χ4n) is 3.08. The third kappa shape index (κ3) is 5.28. The van der Waals surface area contributed by atoms with E-state index in [9.17, 15) is 0 Å². The zero-order chi connectivity index (χ0) is 19.8. The lowest BCUT2D eigenvalue weighted by atomic mass is 10.3. The Hall–Kier alpha value is -2.97. The van der Waals surface area contributed by atoms with Crippen LogP contribution in [0.2, 0.25) is 0 Å². The zero-order valence-electron chi connectivity index (χ0n) is 16.8. The molecule has 1 fully saturated rings. The lowest BCUT2D eigenvalue weighted by Crippen LogP contribution is -2.53. The lowest BCUT2D eigenvalue weighted by molar-refractivity contribution is 0.368. The van der Waals surface area contributed by atoms with Crippen LogP contribution in [-0.2, 0) is 13.0 Å². The van der Waals surface area contributed by atoms with Crippen molar-refractivity contribution >= 4 is 11.9 Å². The van der Waals surface area contributed by atoms with Crippen molar-refractivity contribution in [1.29, 1.82) is 0 Å². The minimum absolute atomic E-state index is 0.622. The van der Waals surface area contributed by atoms with E-state index in [0.29, 0.717) is 6.54 Å². The number of rotatable bonds is 7. The summed E-state index contributed by atoms with van der Waals surface area (Å²) in [6.07, 6.45) is 6.22. The second-order valence-corrected chi connectivity index (χ2v) is 6.84. The van der Waals surface area contributed by atoms with Crippen LogP contribution in [0.15, 0.2) is 41.9 Å². The van der Waals surface area contributed by atoms with Gasteiger partial charge in [0.15, 0.2) is 5.96 Å². The molecule has 1 N–H and O–H groups in total. The van der Waals surface area contributed by atoms with Gasteiger partial charge >= 0.3 is 0 Å². The van der Waals surface area contributed by atoms with Crippen molar-refractivity contribution in [3.63, 3.8) is 0 Å². The molecule has 9 heteroatoms. The van der Waals surface area contributed by atoms with Gasteiger partial charge in [-0.15, -0.1) is 10.2 Å². The maximum Gasteiger partial charge on any atom is 0.225 e. The smallest absolute Gasteiger partial charge is 0.225 e. The summed E-state index contributed by atoms with van der Waals surface area (Å²) in [5.41, 5.74) is 1.04. The summed E-state index contributed by atoms with van der Waals surface area (Å²) in [5, 5.41) is 11.6. The number of aryl methyl sites for hydroxylation is 1. The Morgan fingerprint density at radius 3 is 2.64 bits per heavy atom. The van der Waals surface area contributed by atoms with Gasteiger partial charge in [0, 0.05) is 58.1 Å². The van der Waals surface area contributed by atoms with Crippen molar-refractivity contribution < 1.29 is 0 Å². The van der Waals surface area contributed by atoms with Gasteiger partial charge in [0.25, 0.3) is 0 Å². The number of hydrogen-bond donors (Lipinski definition) is 1. The quantitative estimate of drug-likeness (QED) is 0.433. The van der Waals surface area contributed by atoms with E-state index in [4.69, 9.17) is 4.99 Å². The van der Waals surface area contributed by atoms with Gasteiger partial charge in [0.2, 0.25) is 5.95 Å². The summed E-state index contributed by atoms with van der Waals surface area (Å²) >= 11 is 0. The van der Waals surface area contributed by atoms with Gasteiger partial charge in [-0.05, 0) is 13.0 Å². The average Bonchev–Trinajstić information content (AvgIpc) is 3.19. The largest absolute Gasteiger partial charge is 0.354 e. The van der Waals surface area contributed by atoms with E-state index in [0.717, 1.165) is 69.0 Å². The van der Waals surface area contributed by atoms with Crippen LogP contribution in [0.4, 0.5) is 5.95 Å². The van der Waals surface area contributed by atoms with E-state index in [1.807, 2.05) is 13.0 Å². The molecule has 1 aliphatic rings. The molecule has 2 aromatic heterocycles. The van der Waals surface area contributed by atoms with E-state index in [1.165, 1.54) is 0 Å². The first-order valence-electron chi connectivity index (χ1n) is 9.73. The van der Waals surface area contributed by atoms with Crippen molar-refractivity contribution in [3.8, 4) is 0 Å². The predicted octanol–water partition coefficient (Wildman–Crippen LogP) is 0.974. The summed E-state index contributed by atoms with van der Waals surface area (Å²) in [7, 11) is 0. The van der Waals surface area contributed by atoms with Crippen LogP contribution < -0.4 is 10.2 Å². The molecule has 1 saturated heterocycles. The van der Waals surface area contributed by atoms with Crippen LogP contribution in [0.25, 0.3) is 0 Å². The van der Waals surface area contributed by atoms with Gasteiger partial charge in [0.05, 0.1) is 6.54 Å². The van der Waals surface area contributed by atoms with Gasteiger partial charge in [-0.2, -0.15) is 0 Å². The van der Waals surface area contributed by atoms with Crippen LogP contribution in [0.3, 0.4) is 0 Å². The van der Waals surface area contributed by atoms with E-state index in [2.05, 4.69) is 53.4 Å². The van der Waals surface area contributed by atoms with E-state index in [-0.39, 0.29) is 0 Å². The molecule has 2 aromatic rings. The van der Waals surface area contributed by atoms with Crippen LogP contribution >= 0.6 is 0 Å². The molecule has 0 saturated carbocycles. The number of guanidine groups is 1. The van der Waals surface area contributed by atoms with Gasteiger partial charge < -0.3 is 19.7 Å². The molecule has 28 heavy (non-hydrogen) atoms. The Labute approximate surface area is 166 Å². The highest BCUT2D eigenvalue weighted by Crippen LogP contribution is 2.10. The van der Waals surface area contributed by atoms with Crippen molar-refractivity contribution in [2.45, 2.75) is 26.8 Å². The molecule has 0 amide bonds. The molecular weight excluding hydrogens is 354 g/mol. The Bertz CT molecular complexity index is 776. The van der Waals surface area contributed by atoms with Gasteiger partial charge in [-0.1, -0.05) is 19.1 Å². The highest BCUT2D eigenvalue weighted by atomic mass is 15.4. The number of nitrogens with zero attached hydrogens (tertiary/aromatic N) is 8. The SMILES string of the molecule is C=C(C)CN=C(NCCn1cnnc1CC)N1CCN(c2ncccn2)CC1. The van der Waals surface area contributed by atoms with E-state index >= 15 is 0 Å². The fraction of sp³-hybridized carbons (Fsp3) is 0.526. The Kier molecular flexibility index (Phi) is 6.94. The molecule has 0 radical (unpaired) electrons. The van der Waals surface area contributed by atoms with Crippen molar-refractivity contribution in [2.24, 2.45) is 4.99 Å². The number of aliphatic imine (C=N–C) groups is 1. The average molecular weight is 384 g/mol. The second-order valence-electron chi connectivity index (χ2n) is 6.84. The minimum Gasteiger partial charge on any atom is -0.354 e. The number of hydrogen-bond acceptors (Lipinski definition) is 6. The molecule has 0 spiro atoms. The Morgan fingerprint density at radius 2 is 1.96 bits per heavy atom. The van der Waals surface area contributed by atoms with Crippen molar-refractivity contribution in [1.82, 2.24) is 34.9 Å². The summed E-state index contributed by atoms with van der Waals surface area (Å²) < 4.78 is 2.08. The first kappa shape index (κ1) is 19.8. The monoisotopic (exact) mass is 383 g/mol. The molecule has 0 atom stereocenters. The molecule has 150 valence electrons. The highest BCUT2D eigenvalue weighted by Gasteiger charge is 2.21. The number of piperazine rings is 1. The predicted molar refractivity (Wildman–Crippen MR) is 110 cm³/mol. The van der Waals surface area contributed by atoms with Crippen molar-refractivity contribution in [2.75, 3.05) is 44.2 Å². The Balaban J connectivity index is 1.57. The standard InChI is InChI=1S/C19H29N9/c1-4-17-25-24-15-28(17)9-8-22-19(23-14-16(2)3)27-12-10-26(11-13-27)18-20-6-5-7-21-18/h5-7,15H,2,4,8-14H2,1,3H3,(H,22,23).